The Balaban J connectivity index is 1.61. The fourth-order valence-electron chi connectivity index (χ4n) is 2.42. The van der Waals surface area contributed by atoms with Crippen LogP contribution in [-0.4, -0.2) is 24.9 Å². The topological polar surface area (TPSA) is 63.7 Å². The molecular formula is C15H13N5OS. The van der Waals surface area contributed by atoms with Crippen molar-refractivity contribution in [3.63, 3.8) is 0 Å². The molecule has 0 bridgehead atoms. The van der Waals surface area contributed by atoms with Crippen LogP contribution in [0.5, 0.6) is 0 Å². The van der Waals surface area contributed by atoms with Crippen molar-refractivity contribution in [3.8, 4) is 0 Å². The monoisotopic (exact) mass is 311 g/mol. The van der Waals surface area contributed by atoms with Gasteiger partial charge in [0.15, 0.2) is 4.96 Å². The second-order valence-electron chi connectivity index (χ2n) is 5.03. The molecule has 0 saturated heterocycles. The molecule has 4 rings (SSSR count). The molecule has 1 amide bonds. The summed E-state index contributed by atoms with van der Waals surface area (Å²) in [7, 11) is 0. The minimum absolute atomic E-state index is 0.168. The number of carbonyl (C=O) groups is 1. The number of pyridine rings is 1. The molecule has 22 heavy (non-hydrogen) atoms. The Labute approximate surface area is 130 Å². The summed E-state index contributed by atoms with van der Waals surface area (Å²) in [6, 6.07) is 7.21. The summed E-state index contributed by atoms with van der Waals surface area (Å²) in [5, 5.41) is 9.14. The van der Waals surface area contributed by atoms with E-state index in [1.54, 1.807) is 28.1 Å². The first-order valence-electron chi connectivity index (χ1n) is 6.88. The van der Waals surface area contributed by atoms with E-state index >= 15 is 0 Å². The first-order valence-corrected chi connectivity index (χ1v) is 7.76. The maximum absolute atomic E-state index is 12.5. The van der Waals surface area contributed by atoms with Gasteiger partial charge in [0.05, 0.1) is 23.4 Å². The number of imidazole rings is 1. The first kappa shape index (κ1) is 13.0. The highest BCUT2D eigenvalue weighted by atomic mass is 32.1. The molecule has 4 aromatic rings. The van der Waals surface area contributed by atoms with Gasteiger partial charge in [0, 0.05) is 17.8 Å². The second-order valence-corrected chi connectivity index (χ2v) is 5.91. The molecule has 7 heteroatoms. The van der Waals surface area contributed by atoms with Gasteiger partial charge in [-0.15, -0.1) is 11.3 Å². The van der Waals surface area contributed by atoms with Crippen molar-refractivity contribution in [3.05, 3.63) is 59.6 Å². The average molecular weight is 311 g/mol. The number of amides is 1. The van der Waals surface area contributed by atoms with Crippen LogP contribution in [-0.2, 0) is 0 Å². The Bertz CT molecular complexity index is 938. The molecule has 0 fully saturated rings. The molecule has 110 valence electrons. The third-order valence-electron chi connectivity index (χ3n) is 3.56. The largest absolute Gasteiger partial charge is 0.343 e. The zero-order valence-electron chi connectivity index (χ0n) is 11.8. The second kappa shape index (κ2) is 4.96. The number of nitrogens with zero attached hydrogens (tertiary/aromatic N) is 4. The van der Waals surface area contributed by atoms with E-state index in [-0.39, 0.29) is 11.9 Å². The van der Waals surface area contributed by atoms with Gasteiger partial charge >= 0.3 is 0 Å². The van der Waals surface area contributed by atoms with Crippen LogP contribution in [0.3, 0.4) is 0 Å². The van der Waals surface area contributed by atoms with Gasteiger partial charge in [0.2, 0.25) is 0 Å². The fourth-order valence-corrected chi connectivity index (χ4v) is 3.13. The highest BCUT2D eigenvalue weighted by Gasteiger charge is 2.16. The quantitative estimate of drug-likeness (QED) is 0.632. The predicted octanol–water partition coefficient (Wildman–Crippen LogP) is 2.53. The number of aromatic nitrogens is 4. The summed E-state index contributed by atoms with van der Waals surface area (Å²) < 4.78 is 3.59. The SMILES string of the molecule is C[C@@H](NC(=O)c1cccc2ccnn12)c1cn2ccsc2n1. The summed E-state index contributed by atoms with van der Waals surface area (Å²) in [4.78, 5) is 17.9. The number of rotatable bonds is 3. The van der Waals surface area contributed by atoms with Gasteiger partial charge in [0.1, 0.15) is 5.69 Å². The summed E-state index contributed by atoms with van der Waals surface area (Å²) in [6.07, 6.45) is 5.57. The van der Waals surface area contributed by atoms with Crippen molar-refractivity contribution < 1.29 is 4.79 Å². The minimum atomic E-state index is -0.176. The van der Waals surface area contributed by atoms with E-state index in [0.717, 1.165) is 16.2 Å². The van der Waals surface area contributed by atoms with E-state index < -0.39 is 0 Å². The smallest absolute Gasteiger partial charge is 0.270 e. The molecule has 0 aliphatic heterocycles. The summed E-state index contributed by atoms with van der Waals surface area (Å²) in [5.41, 5.74) is 2.24. The highest BCUT2D eigenvalue weighted by molar-refractivity contribution is 7.15. The molecule has 0 aliphatic rings. The van der Waals surface area contributed by atoms with Gasteiger partial charge in [-0.1, -0.05) is 6.07 Å². The van der Waals surface area contributed by atoms with Crippen LogP contribution in [0.15, 0.2) is 48.2 Å². The Morgan fingerprint density at radius 3 is 3.14 bits per heavy atom. The van der Waals surface area contributed by atoms with E-state index in [2.05, 4.69) is 15.4 Å². The van der Waals surface area contributed by atoms with Crippen molar-refractivity contribution in [2.45, 2.75) is 13.0 Å². The number of hydrogen-bond acceptors (Lipinski definition) is 4. The predicted molar refractivity (Wildman–Crippen MR) is 84.1 cm³/mol. The van der Waals surface area contributed by atoms with Gasteiger partial charge in [0.25, 0.3) is 5.91 Å². The number of thiazole rings is 1. The zero-order chi connectivity index (χ0) is 15.1. The third kappa shape index (κ3) is 2.06. The number of carbonyl (C=O) groups excluding carboxylic acids is 1. The lowest BCUT2D eigenvalue weighted by Gasteiger charge is -2.12. The van der Waals surface area contributed by atoms with Crippen LogP contribution in [0.2, 0.25) is 0 Å². The maximum atomic E-state index is 12.5. The van der Waals surface area contributed by atoms with Gasteiger partial charge in [-0.2, -0.15) is 5.10 Å². The molecule has 0 aliphatic carbocycles. The molecule has 6 nitrogen and oxygen atoms in total. The third-order valence-corrected chi connectivity index (χ3v) is 4.33. The highest BCUT2D eigenvalue weighted by Crippen LogP contribution is 2.17. The fraction of sp³-hybridized carbons (Fsp3) is 0.133. The van der Waals surface area contributed by atoms with Crippen molar-refractivity contribution in [2.24, 2.45) is 0 Å². The average Bonchev–Trinajstić information content (AvgIpc) is 3.21. The normalized spacial score (nSPS) is 12.8. The van der Waals surface area contributed by atoms with Crippen LogP contribution >= 0.6 is 11.3 Å². The molecule has 1 N–H and O–H groups in total. The lowest BCUT2D eigenvalue weighted by molar-refractivity contribution is 0.0931. The number of nitrogens with one attached hydrogen (secondary N) is 1. The van der Waals surface area contributed by atoms with E-state index in [1.165, 1.54) is 0 Å². The van der Waals surface area contributed by atoms with E-state index in [9.17, 15) is 4.79 Å². The van der Waals surface area contributed by atoms with Gasteiger partial charge in [-0.3, -0.25) is 9.20 Å². The molecule has 0 saturated carbocycles. The van der Waals surface area contributed by atoms with Crippen LogP contribution in [0.1, 0.15) is 29.1 Å². The van der Waals surface area contributed by atoms with Crippen LogP contribution in [0, 0.1) is 0 Å². The lowest BCUT2D eigenvalue weighted by Crippen LogP contribution is -2.28. The summed E-state index contributed by atoms with van der Waals surface area (Å²) in [6.45, 7) is 1.92. The Kier molecular flexibility index (Phi) is 2.93. The molecular weight excluding hydrogens is 298 g/mol. The van der Waals surface area contributed by atoms with E-state index in [1.807, 2.05) is 47.3 Å². The molecule has 0 spiro atoms. The molecule has 0 aromatic carbocycles. The zero-order valence-corrected chi connectivity index (χ0v) is 12.6. The molecule has 4 heterocycles. The van der Waals surface area contributed by atoms with E-state index in [0.29, 0.717) is 5.69 Å². The van der Waals surface area contributed by atoms with E-state index in [4.69, 9.17) is 0 Å². The minimum Gasteiger partial charge on any atom is -0.343 e. The molecule has 4 aromatic heterocycles. The lowest BCUT2D eigenvalue weighted by atomic mass is 10.2. The van der Waals surface area contributed by atoms with Gasteiger partial charge in [-0.25, -0.2) is 9.50 Å². The maximum Gasteiger partial charge on any atom is 0.270 e. The Morgan fingerprint density at radius 1 is 1.36 bits per heavy atom. The van der Waals surface area contributed by atoms with Gasteiger partial charge in [-0.05, 0) is 25.1 Å². The summed E-state index contributed by atoms with van der Waals surface area (Å²) in [5.74, 6) is -0.168. The van der Waals surface area contributed by atoms with Crippen LogP contribution < -0.4 is 5.32 Å². The van der Waals surface area contributed by atoms with Crippen LogP contribution in [0.25, 0.3) is 10.5 Å². The van der Waals surface area contributed by atoms with Gasteiger partial charge < -0.3 is 5.32 Å². The van der Waals surface area contributed by atoms with Crippen molar-refractivity contribution in [1.29, 1.82) is 0 Å². The van der Waals surface area contributed by atoms with Crippen molar-refractivity contribution in [2.75, 3.05) is 0 Å². The first-order chi connectivity index (χ1) is 10.7. The Hall–Kier alpha value is -2.67. The number of fused-ring (bicyclic) bond motifs is 2. The summed E-state index contributed by atoms with van der Waals surface area (Å²) >= 11 is 1.57. The van der Waals surface area contributed by atoms with Crippen LogP contribution in [0.4, 0.5) is 0 Å². The number of hydrogen-bond donors (Lipinski definition) is 1. The molecule has 0 radical (unpaired) electrons. The van der Waals surface area contributed by atoms with Crippen molar-refractivity contribution in [1.82, 2.24) is 24.3 Å². The molecule has 0 unspecified atom stereocenters. The molecule has 1 atom stereocenters. The standard InChI is InChI=1S/C15H13N5OS/c1-10(12-9-19-7-8-22-15(19)18-12)17-14(21)13-4-2-3-11-5-6-16-20(11)13/h2-10H,1H3,(H,17,21)/t10-/m1/s1. The van der Waals surface area contributed by atoms with Crippen molar-refractivity contribution >= 4 is 27.7 Å². The Morgan fingerprint density at radius 2 is 2.27 bits per heavy atom.